The normalized spacial score (nSPS) is 25.0. The molecule has 0 radical (unpaired) electrons. The minimum atomic E-state index is -1.13. The molecule has 1 aromatic carbocycles. The summed E-state index contributed by atoms with van der Waals surface area (Å²) in [5.41, 5.74) is 6.18. The maximum absolute atomic E-state index is 11.5. The van der Waals surface area contributed by atoms with Gasteiger partial charge in [-0.25, -0.2) is 0 Å². The minimum absolute atomic E-state index is 0.102. The second-order valence-corrected chi connectivity index (χ2v) is 5.68. The summed E-state index contributed by atoms with van der Waals surface area (Å²) in [7, 11) is 0. The molecule has 9 heteroatoms. The SMILES string of the molecule is CC(=O)O[C@@H]1[C@@H](Oc2ccc(N)cc2)OC[C@@H](OC(C)=O)[C@H]1OC(C)=O. The number of nitrogen functional groups attached to an aromatic ring is 1. The molecule has 1 aromatic rings. The Morgan fingerprint density at radius 1 is 0.923 bits per heavy atom. The van der Waals surface area contributed by atoms with Gasteiger partial charge >= 0.3 is 17.9 Å². The number of esters is 3. The predicted molar refractivity (Wildman–Crippen MR) is 87.9 cm³/mol. The fourth-order valence-electron chi connectivity index (χ4n) is 2.49. The van der Waals surface area contributed by atoms with Crippen LogP contribution in [0, 0.1) is 0 Å². The Morgan fingerprint density at radius 3 is 2.00 bits per heavy atom. The number of ether oxygens (including phenoxy) is 5. The van der Waals surface area contributed by atoms with Gasteiger partial charge in [0.15, 0.2) is 12.2 Å². The van der Waals surface area contributed by atoms with Crippen LogP contribution in [0.3, 0.4) is 0 Å². The van der Waals surface area contributed by atoms with E-state index in [2.05, 4.69) is 0 Å². The van der Waals surface area contributed by atoms with E-state index >= 15 is 0 Å². The highest BCUT2D eigenvalue weighted by Crippen LogP contribution is 2.27. The van der Waals surface area contributed by atoms with Crippen molar-refractivity contribution in [3.63, 3.8) is 0 Å². The lowest BCUT2D eigenvalue weighted by molar-refractivity contribution is -0.259. The molecule has 1 heterocycles. The fourth-order valence-corrected chi connectivity index (χ4v) is 2.49. The van der Waals surface area contributed by atoms with E-state index in [1.165, 1.54) is 20.8 Å². The lowest BCUT2D eigenvalue weighted by Gasteiger charge is -2.40. The van der Waals surface area contributed by atoms with E-state index in [0.717, 1.165) is 0 Å². The first kappa shape index (κ1) is 19.5. The molecule has 0 unspecified atom stereocenters. The highest BCUT2D eigenvalue weighted by molar-refractivity contribution is 5.68. The molecule has 142 valence electrons. The maximum atomic E-state index is 11.5. The zero-order chi connectivity index (χ0) is 19.3. The van der Waals surface area contributed by atoms with Crippen LogP contribution in [-0.4, -0.2) is 49.1 Å². The molecular weight excluding hydrogens is 346 g/mol. The third-order valence-electron chi connectivity index (χ3n) is 3.44. The first-order chi connectivity index (χ1) is 12.3. The molecule has 2 N–H and O–H groups in total. The van der Waals surface area contributed by atoms with Crippen LogP contribution in [0.2, 0.25) is 0 Å². The Bertz CT molecular complexity index is 659. The van der Waals surface area contributed by atoms with Crippen LogP contribution >= 0.6 is 0 Å². The van der Waals surface area contributed by atoms with Gasteiger partial charge < -0.3 is 29.4 Å². The molecule has 0 bridgehead atoms. The first-order valence-corrected chi connectivity index (χ1v) is 7.91. The van der Waals surface area contributed by atoms with Crippen LogP contribution in [0.1, 0.15) is 20.8 Å². The number of nitrogens with two attached hydrogens (primary N) is 1. The van der Waals surface area contributed by atoms with Gasteiger partial charge in [0.05, 0.1) is 6.61 Å². The molecule has 1 saturated heterocycles. The van der Waals surface area contributed by atoms with Gasteiger partial charge in [-0.15, -0.1) is 0 Å². The van der Waals surface area contributed by atoms with E-state index in [1.54, 1.807) is 24.3 Å². The molecule has 0 saturated carbocycles. The molecule has 9 nitrogen and oxygen atoms in total. The van der Waals surface area contributed by atoms with Gasteiger partial charge in [-0.05, 0) is 24.3 Å². The summed E-state index contributed by atoms with van der Waals surface area (Å²) in [6, 6.07) is 6.49. The summed E-state index contributed by atoms with van der Waals surface area (Å²) in [5, 5.41) is 0. The van der Waals surface area contributed by atoms with Crippen LogP contribution in [0.5, 0.6) is 5.75 Å². The largest absolute Gasteiger partial charge is 0.461 e. The molecule has 0 amide bonds. The molecule has 4 atom stereocenters. The van der Waals surface area contributed by atoms with Crippen molar-refractivity contribution in [2.75, 3.05) is 12.3 Å². The van der Waals surface area contributed by atoms with Gasteiger partial charge in [-0.1, -0.05) is 0 Å². The van der Waals surface area contributed by atoms with E-state index in [-0.39, 0.29) is 6.61 Å². The maximum Gasteiger partial charge on any atom is 0.303 e. The topological polar surface area (TPSA) is 123 Å². The molecule has 0 spiro atoms. The third-order valence-corrected chi connectivity index (χ3v) is 3.44. The Morgan fingerprint density at radius 2 is 1.46 bits per heavy atom. The van der Waals surface area contributed by atoms with Gasteiger partial charge in [0, 0.05) is 26.5 Å². The summed E-state index contributed by atoms with van der Waals surface area (Å²) >= 11 is 0. The predicted octanol–water partition coefficient (Wildman–Crippen LogP) is 0.799. The number of rotatable bonds is 5. The number of anilines is 1. The molecule has 0 aromatic heterocycles. The number of carbonyl (C=O) groups is 3. The van der Waals surface area contributed by atoms with Crippen LogP contribution in [0.15, 0.2) is 24.3 Å². The second kappa shape index (κ2) is 8.52. The summed E-state index contributed by atoms with van der Waals surface area (Å²) in [4.78, 5) is 34.3. The number of hydrogen-bond donors (Lipinski definition) is 1. The Balaban J connectivity index is 2.25. The smallest absolute Gasteiger partial charge is 0.303 e. The van der Waals surface area contributed by atoms with Crippen molar-refractivity contribution in [3.05, 3.63) is 24.3 Å². The minimum Gasteiger partial charge on any atom is -0.461 e. The molecule has 1 fully saturated rings. The van der Waals surface area contributed by atoms with Crippen molar-refractivity contribution in [3.8, 4) is 5.75 Å². The molecular formula is C17H21NO8. The molecule has 0 aliphatic carbocycles. The monoisotopic (exact) mass is 367 g/mol. The number of carbonyl (C=O) groups excluding carboxylic acids is 3. The van der Waals surface area contributed by atoms with Crippen molar-refractivity contribution < 1.29 is 38.1 Å². The van der Waals surface area contributed by atoms with Crippen molar-refractivity contribution >= 4 is 23.6 Å². The van der Waals surface area contributed by atoms with Gasteiger partial charge in [0.25, 0.3) is 0 Å². The zero-order valence-electron chi connectivity index (χ0n) is 14.7. The first-order valence-electron chi connectivity index (χ1n) is 7.91. The summed E-state index contributed by atoms with van der Waals surface area (Å²) in [6.07, 6.45) is -4.22. The molecule has 1 aliphatic rings. The van der Waals surface area contributed by atoms with Crippen molar-refractivity contribution in [2.45, 2.75) is 45.4 Å². The average Bonchev–Trinajstić information content (AvgIpc) is 2.53. The van der Waals surface area contributed by atoms with Crippen molar-refractivity contribution in [1.29, 1.82) is 0 Å². The van der Waals surface area contributed by atoms with Crippen LogP contribution < -0.4 is 10.5 Å². The summed E-state index contributed by atoms with van der Waals surface area (Å²) in [5.74, 6) is -1.44. The van der Waals surface area contributed by atoms with E-state index < -0.39 is 42.5 Å². The fraction of sp³-hybridized carbons (Fsp3) is 0.471. The molecule has 26 heavy (non-hydrogen) atoms. The van der Waals surface area contributed by atoms with Gasteiger partial charge in [0.1, 0.15) is 5.75 Å². The Kier molecular flexibility index (Phi) is 6.40. The van der Waals surface area contributed by atoms with Gasteiger partial charge in [0.2, 0.25) is 12.4 Å². The summed E-state index contributed by atoms with van der Waals surface area (Å²) < 4.78 is 26.9. The Hall–Kier alpha value is -2.81. The average molecular weight is 367 g/mol. The lowest BCUT2D eigenvalue weighted by Crippen LogP contribution is -2.59. The highest BCUT2D eigenvalue weighted by Gasteiger charge is 2.48. The van der Waals surface area contributed by atoms with Crippen molar-refractivity contribution in [1.82, 2.24) is 0 Å². The zero-order valence-corrected chi connectivity index (χ0v) is 14.7. The lowest BCUT2D eigenvalue weighted by atomic mass is 10.0. The Labute approximate surface area is 150 Å². The van der Waals surface area contributed by atoms with E-state index in [1.807, 2.05) is 0 Å². The molecule has 1 aliphatic heterocycles. The van der Waals surface area contributed by atoms with E-state index in [4.69, 9.17) is 29.4 Å². The van der Waals surface area contributed by atoms with Crippen LogP contribution in [0.4, 0.5) is 5.69 Å². The number of hydrogen-bond acceptors (Lipinski definition) is 9. The quantitative estimate of drug-likeness (QED) is 0.457. The van der Waals surface area contributed by atoms with Crippen LogP contribution in [-0.2, 0) is 33.3 Å². The van der Waals surface area contributed by atoms with Gasteiger partial charge in [-0.3, -0.25) is 14.4 Å². The highest BCUT2D eigenvalue weighted by atomic mass is 16.7. The second-order valence-electron chi connectivity index (χ2n) is 5.68. The van der Waals surface area contributed by atoms with E-state index in [0.29, 0.717) is 11.4 Å². The van der Waals surface area contributed by atoms with Gasteiger partial charge in [-0.2, -0.15) is 0 Å². The van der Waals surface area contributed by atoms with Crippen LogP contribution in [0.25, 0.3) is 0 Å². The summed E-state index contributed by atoms with van der Waals surface area (Å²) in [6.45, 7) is 3.50. The van der Waals surface area contributed by atoms with E-state index in [9.17, 15) is 14.4 Å². The molecule has 2 rings (SSSR count). The number of benzene rings is 1. The third kappa shape index (κ3) is 5.35. The van der Waals surface area contributed by atoms with Crippen molar-refractivity contribution in [2.24, 2.45) is 0 Å². The standard InChI is InChI=1S/C17H21NO8/c1-9(19)23-14-8-22-17(26-13-6-4-12(18)5-7-13)16(25-11(3)21)15(14)24-10(2)20/h4-7,14-17H,8,18H2,1-3H3/t14-,15-,16+,17-/m1/s1.